The number of halogens is 1. The first-order valence-corrected chi connectivity index (χ1v) is 9.02. The van der Waals surface area contributed by atoms with Crippen LogP contribution in [0.2, 0.25) is 5.02 Å². The molecule has 1 aliphatic rings. The maximum atomic E-state index is 12.6. The topological polar surface area (TPSA) is 59.0 Å². The Morgan fingerprint density at radius 2 is 2.30 bits per heavy atom. The van der Waals surface area contributed by atoms with Gasteiger partial charge < -0.3 is 10.6 Å². The van der Waals surface area contributed by atoms with Crippen LogP contribution in [0.15, 0.2) is 35.5 Å². The minimum Gasteiger partial charge on any atom is -0.326 e. The number of nitrogens with zero attached hydrogens (tertiary/aromatic N) is 2. The van der Waals surface area contributed by atoms with E-state index in [0.29, 0.717) is 11.6 Å². The predicted molar refractivity (Wildman–Crippen MR) is 94.2 cm³/mol. The highest BCUT2D eigenvalue weighted by atomic mass is 35.5. The van der Waals surface area contributed by atoms with E-state index < -0.39 is 0 Å². The highest BCUT2D eigenvalue weighted by Crippen LogP contribution is 2.31. The molecule has 0 unspecified atom stereocenters. The number of thioether (sulfide) groups is 1. The van der Waals surface area contributed by atoms with Gasteiger partial charge in [0.1, 0.15) is 0 Å². The molecule has 2 heterocycles. The van der Waals surface area contributed by atoms with Crippen LogP contribution in [-0.4, -0.2) is 35.0 Å². The Morgan fingerprint density at radius 3 is 2.96 bits per heavy atom. The molecule has 0 bridgehead atoms. The number of benzene rings is 1. The van der Waals surface area contributed by atoms with Crippen molar-refractivity contribution in [2.24, 2.45) is 13.0 Å². The summed E-state index contributed by atoms with van der Waals surface area (Å²) in [6.45, 7) is 1.46. The van der Waals surface area contributed by atoms with Crippen molar-refractivity contribution in [2.45, 2.75) is 10.8 Å². The highest BCUT2D eigenvalue weighted by molar-refractivity contribution is 7.98. The van der Waals surface area contributed by atoms with Crippen molar-refractivity contribution < 1.29 is 4.79 Å². The first-order valence-electron chi connectivity index (χ1n) is 7.42. The van der Waals surface area contributed by atoms with Crippen molar-refractivity contribution in [3.05, 3.63) is 41.2 Å². The zero-order valence-electron chi connectivity index (χ0n) is 13.0. The number of carbonyl (C=O) groups excluding carboxylic acids is 1. The molecule has 5 nitrogen and oxygen atoms in total. The Bertz CT molecular complexity index is 718. The van der Waals surface area contributed by atoms with Gasteiger partial charge in [0.15, 0.2) is 0 Å². The molecule has 1 aromatic heterocycles. The van der Waals surface area contributed by atoms with Gasteiger partial charge in [-0.3, -0.25) is 9.48 Å². The summed E-state index contributed by atoms with van der Waals surface area (Å²) >= 11 is 7.79. The maximum absolute atomic E-state index is 12.6. The molecule has 0 aliphatic carbocycles. The fraction of sp³-hybridized carbons (Fsp3) is 0.375. The normalized spacial score (nSPS) is 20.7. The smallest absolute Gasteiger partial charge is 0.229 e. The van der Waals surface area contributed by atoms with Crippen LogP contribution in [0.3, 0.4) is 0 Å². The Labute approximate surface area is 144 Å². The molecule has 122 valence electrons. The number of carbonyl (C=O) groups is 1. The lowest BCUT2D eigenvalue weighted by atomic mass is 9.90. The Hall–Kier alpha value is -1.50. The van der Waals surface area contributed by atoms with E-state index in [2.05, 4.69) is 15.7 Å². The Morgan fingerprint density at radius 1 is 1.48 bits per heavy atom. The summed E-state index contributed by atoms with van der Waals surface area (Å²) in [5.41, 5.74) is 1.82. The van der Waals surface area contributed by atoms with Crippen LogP contribution in [-0.2, 0) is 11.8 Å². The minimum atomic E-state index is -0.113. The number of amides is 1. The van der Waals surface area contributed by atoms with Gasteiger partial charge in [0.05, 0.1) is 17.1 Å². The highest BCUT2D eigenvalue weighted by Gasteiger charge is 2.34. The molecule has 7 heteroatoms. The van der Waals surface area contributed by atoms with E-state index in [9.17, 15) is 4.79 Å². The van der Waals surface area contributed by atoms with Crippen molar-refractivity contribution in [1.29, 1.82) is 0 Å². The molecular weight excluding hydrogens is 332 g/mol. The number of aromatic nitrogens is 2. The molecule has 2 aromatic rings. The van der Waals surface area contributed by atoms with Gasteiger partial charge in [-0.2, -0.15) is 5.10 Å². The summed E-state index contributed by atoms with van der Waals surface area (Å²) in [4.78, 5) is 13.6. The number of anilines is 1. The standard InChI is InChI=1S/C16H19ClN4OS/c1-21-9-10(6-19-21)12-7-18-8-13(12)16(22)20-11-3-4-15(23-2)14(17)5-11/h3-6,9,12-13,18H,7-8H2,1-2H3,(H,20,22)/t12-,13+/m1/s1. The molecule has 1 fully saturated rings. The van der Waals surface area contributed by atoms with Crippen LogP contribution in [0.5, 0.6) is 0 Å². The van der Waals surface area contributed by atoms with Crippen LogP contribution in [0.4, 0.5) is 5.69 Å². The van der Waals surface area contributed by atoms with Crippen LogP contribution in [0.1, 0.15) is 11.5 Å². The van der Waals surface area contributed by atoms with Crippen LogP contribution >= 0.6 is 23.4 Å². The van der Waals surface area contributed by atoms with Gasteiger partial charge in [-0.15, -0.1) is 11.8 Å². The summed E-state index contributed by atoms with van der Waals surface area (Å²) in [5, 5.41) is 11.1. The second kappa shape index (κ2) is 6.95. The van der Waals surface area contributed by atoms with E-state index in [1.807, 2.05) is 37.8 Å². The molecule has 23 heavy (non-hydrogen) atoms. The van der Waals surface area contributed by atoms with E-state index in [4.69, 9.17) is 11.6 Å². The average Bonchev–Trinajstić information content (AvgIpc) is 3.15. The molecule has 0 saturated carbocycles. The summed E-state index contributed by atoms with van der Waals surface area (Å²) in [5.74, 6) is 0.0414. The zero-order chi connectivity index (χ0) is 16.4. The van der Waals surface area contributed by atoms with Crippen molar-refractivity contribution in [3.8, 4) is 0 Å². The molecule has 1 aliphatic heterocycles. The molecular formula is C16H19ClN4OS. The average molecular weight is 351 g/mol. The van der Waals surface area contributed by atoms with E-state index in [1.54, 1.807) is 22.5 Å². The third kappa shape index (κ3) is 3.54. The quantitative estimate of drug-likeness (QED) is 0.832. The van der Waals surface area contributed by atoms with Gasteiger partial charge in [0, 0.05) is 42.8 Å². The summed E-state index contributed by atoms with van der Waals surface area (Å²) < 4.78 is 1.77. The van der Waals surface area contributed by atoms with Gasteiger partial charge in [0.2, 0.25) is 5.91 Å². The monoisotopic (exact) mass is 350 g/mol. The number of hydrogen-bond acceptors (Lipinski definition) is 4. The van der Waals surface area contributed by atoms with E-state index >= 15 is 0 Å². The van der Waals surface area contributed by atoms with E-state index in [1.165, 1.54) is 0 Å². The summed E-state index contributed by atoms with van der Waals surface area (Å²) in [6, 6.07) is 5.61. The molecule has 0 radical (unpaired) electrons. The van der Waals surface area contributed by atoms with Crippen LogP contribution in [0, 0.1) is 5.92 Å². The van der Waals surface area contributed by atoms with Crippen molar-refractivity contribution in [1.82, 2.24) is 15.1 Å². The van der Waals surface area contributed by atoms with Gasteiger partial charge in [0.25, 0.3) is 0 Å². The third-order valence-electron chi connectivity index (χ3n) is 4.12. The molecule has 2 atom stereocenters. The zero-order valence-corrected chi connectivity index (χ0v) is 14.6. The van der Waals surface area contributed by atoms with Gasteiger partial charge in [-0.25, -0.2) is 0 Å². The number of nitrogens with one attached hydrogen (secondary N) is 2. The lowest BCUT2D eigenvalue weighted by Crippen LogP contribution is -2.28. The Kier molecular flexibility index (Phi) is 4.94. The van der Waals surface area contributed by atoms with E-state index in [0.717, 1.165) is 22.7 Å². The van der Waals surface area contributed by atoms with Crippen molar-refractivity contribution in [3.63, 3.8) is 0 Å². The molecule has 1 saturated heterocycles. The molecule has 3 rings (SSSR count). The van der Waals surface area contributed by atoms with Crippen molar-refractivity contribution >= 4 is 35.0 Å². The largest absolute Gasteiger partial charge is 0.326 e. The number of rotatable bonds is 4. The van der Waals surface area contributed by atoms with Crippen molar-refractivity contribution in [2.75, 3.05) is 24.7 Å². The van der Waals surface area contributed by atoms with Crippen LogP contribution in [0.25, 0.3) is 0 Å². The van der Waals surface area contributed by atoms with Crippen LogP contribution < -0.4 is 10.6 Å². The first kappa shape index (κ1) is 16.4. The van der Waals surface area contributed by atoms with Gasteiger partial charge in [-0.1, -0.05) is 11.6 Å². The Balaban J connectivity index is 1.73. The lowest BCUT2D eigenvalue weighted by Gasteiger charge is -2.17. The molecule has 2 N–H and O–H groups in total. The first-order chi connectivity index (χ1) is 11.1. The number of hydrogen-bond donors (Lipinski definition) is 2. The summed E-state index contributed by atoms with van der Waals surface area (Å²) in [6.07, 6.45) is 5.78. The van der Waals surface area contributed by atoms with Gasteiger partial charge in [-0.05, 0) is 30.0 Å². The lowest BCUT2D eigenvalue weighted by molar-refractivity contribution is -0.119. The second-order valence-electron chi connectivity index (χ2n) is 5.66. The molecule has 1 amide bonds. The fourth-order valence-corrected chi connectivity index (χ4v) is 3.79. The minimum absolute atomic E-state index is 0.0109. The summed E-state index contributed by atoms with van der Waals surface area (Å²) in [7, 11) is 1.89. The van der Waals surface area contributed by atoms with E-state index in [-0.39, 0.29) is 17.7 Å². The maximum Gasteiger partial charge on any atom is 0.229 e. The molecule has 0 spiro atoms. The molecule has 1 aromatic carbocycles. The second-order valence-corrected chi connectivity index (χ2v) is 6.91. The SMILES string of the molecule is CSc1ccc(NC(=O)[C@H]2CNC[C@@H]2c2cnn(C)c2)cc1Cl. The fourth-order valence-electron chi connectivity index (χ4n) is 2.92. The number of aryl methyl sites for hydroxylation is 1. The van der Waals surface area contributed by atoms with Gasteiger partial charge >= 0.3 is 0 Å². The third-order valence-corrected chi connectivity index (χ3v) is 5.34. The predicted octanol–water partition coefficient (Wildman–Crippen LogP) is 2.74.